The van der Waals surface area contributed by atoms with E-state index in [0.29, 0.717) is 23.5 Å². The molecule has 22 heavy (non-hydrogen) atoms. The van der Waals surface area contributed by atoms with Crippen molar-refractivity contribution in [1.82, 2.24) is 10.6 Å². The van der Waals surface area contributed by atoms with Crippen molar-refractivity contribution in [1.29, 1.82) is 0 Å². The second kappa shape index (κ2) is 9.65. The van der Waals surface area contributed by atoms with Crippen LogP contribution in [0.25, 0.3) is 0 Å². The third-order valence-corrected chi connectivity index (χ3v) is 3.23. The van der Waals surface area contributed by atoms with Gasteiger partial charge in [0.05, 0.1) is 5.69 Å². The summed E-state index contributed by atoms with van der Waals surface area (Å²) in [6.45, 7) is 2.70. The standard InChI is InChI=1S/C16H25N3O3/c1-3-4-5-6-9-19-16(21)12-7-8-14(13(17)10-12)22-11-15(20)18-2/h7-8,10H,3-6,9,11,17H2,1-2H3,(H,18,20)(H,19,21). The van der Waals surface area contributed by atoms with Crippen LogP contribution in [0.2, 0.25) is 0 Å². The number of rotatable bonds is 9. The maximum absolute atomic E-state index is 12.0. The molecule has 0 aromatic heterocycles. The van der Waals surface area contributed by atoms with Crippen LogP contribution in [0.3, 0.4) is 0 Å². The maximum atomic E-state index is 12.0. The number of unbranched alkanes of at least 4 members (excludes halogenated alkanes) is 3. The molecule has 1 aromatic carbocycles. The van der Waals surface area contributed by atoms with E-state index in [9.17, 15) is 9.59 Å². The van der Waals surface area contributed by atoms with Crippen molar-refractivity contribution in [3.63, 3.8) is 0 Å². The van der Waals surface area contributed by atoms with Crippen molar-refractivity contribution in [3.05, 3.63) is 23.8 Å². The molecular weight excluding hydrogens is 282 g/mol. The predicted molar refractivity (Wildman–Crippen MR) is 86.9 cm³/mol. The largest absolute Gasteiger partial charge is 0.482 e. The SMILES string of the molecule is CCCCCCNC(=O)c1ccc(OCC(=O)NC)c(N)c1. The highest BCUT2D eigenvalue weighted by Crippen LogP contribution is 2.22. The molecule has 6 nitrogen and oxygen atoms in total. The van der Waals surface area contributed by atoms with Crippen LogP contribution in [0.4, 0.5) is 5.69 Å². The number of carbonyl (C=O) groups excluding carboxylic acids is 2. The van der Waals surface area contributed by atoms with Crippen molar-refractivity contribution in [2.45, 2.75) is 32.6 Å². The van der Waals surface area contributed by atoms with E-state index in [0.717, 1.165) is 12.8 Å². The molecular formula is C16H25N3O3. The molecule has 0 saturated carbocycles. The molecule has 0 aliphatic heterocycles. The molecule has 0 saturated heterocycles. The van der Waals surface area contributed by atoms with Gasteiger partial charge in [-0.3, -0.25) is 9.59 Å². The third-order valence-electron chi connectivity index (χ3n) is 3.23. The average molecular weight is 307 g/mol. The number of nitrogens with one attached hydrogen (secondary N) is 2. The van der Waals surface area contributed by atoms with Gasteiger partial charge in [-0.1, -0.05) is 26.2 Å². The molecule has 1 aromatic rings. The van der Waals surface area contributed by atoms with Crippen molar-refractivity contribution in [2.75, 3.05) is 25.9 Å². The van der Waals surface area contributed by atoms with E-state index < -0.39 is 0 Å². The number of nitrogen functional groups attached to an aromatic ring is 1. The van der Waals surface area contributed by atoms with Gasteiger partial charge in [-0.25, -0.2) is 0 Å². The second-order valence-electron chi connectivity index (χ2n) is 5.03. The summed E-state index contributed by atoms with van der Waals surface area (Å²) >= 11 is 0. The number of anilines is 1. The first-order valence-electron chi connectivity index (χ1n) is 7.59. The molecule has 6 heteroatoms. The van der Waals surface area contributed by atoms with Gasteiger partial charge in [-0.05, 0) is 24.6 Å². The zero-order valence-corrected chi connectivity index (χ0v) is 13.3. The highest BCUT2D eigenvalue weighted by atomic mass is 16.5. The molecule has 0 spiro atoms. The van der Waals surface area contributed by atoms with Crippen LogP contribution >= 0.6 is 0 Å². The van der Waals surface area contributed by atoms with Crippen LogP contribution in [0.15, 0.2) is 18.2 Å². The van der Waals surface area contributed by atoms with Crippen molar-refractivity contribution >= 4 is 17.5 Å². The fourth-order valence-corrected chi connectivity index (χ4v) is 1.89. The highest BCUT2D eigenvalue weighted by molar-refractivity contribution is 5.95. The Morgan fingerprint density at radius 1 is 1.23 bits per heavy atom. The Labute approximate surface area is 131 Å². The molecule has 0 heterocycles. The lowest BCUT2D eigenvalue weighted by atomic mass is 10.1. The minimum atomic E-state index is -0.242. The Morgan fingerprint density at radius 3 is 2.64 bits per heavy atom. The van der Waals surface area contributed by atoms with Crippen molar-refractivity contribution in [3.8, 4) is 5.75 Å². The fourth-order valence-electron chi connectivity index (χ4n) is 1.89. The predicted octanol–water partition coefficient (Wildman–Crippen LogP) is 1.70. The van der Waals surface area contributed by atoms with E-state index >= 15 is 0 Å². The van der Waals surface area contributed by atoms with Gasteiger partial charge in [0.1, 0.15) is 5.75 Å². The van der Waals surface area contributed by atoms with Crippen molar-refractivity contribution in [2.24, 2.45) is 0 Å². The molecule has 0 radical (unpaired) electrons. The first-order chi connectivity index (χ1) is 10.6. The monoisotopic (exact) mass is 307 g/mol. The molecule has 0 fully saturated rings. The van der Waals surface area contributed by atoms with E-state index in [2.05, 4.69) is 17.6 Å². The summed E-state index contributed by atoms with van der Waals surface area (Å²) in [6.07, 6.45) is 4.44. The quantitative estimate of drug-likeness (QED) is 0.478. The summed E-state index contributed by atoms with van der Waals surface area (Å²) in [5.74, 6) is -0.00237. The zero-order chi connectivity index (χ0) is 16.4. The van der Waals surface area contributed by atoms with Gasteiger partial charge in [-0.2, -0.15) is 0 Å². The molecule has 122 valence electrons. The molecule has 1 rings (SSSR count). The lowest BCUT2D eigenvalue weighted by Gasteiger charge is -2.10. The van der Waals surface area contributed by atoms with Gasteiger partial charge in [0.2, 0.25) is 0 Å². The molecule has 0 aliphatic rings. The van der Waals surface area contributed by atoms with Gasteiger partial charge in [0.25, 0.3) is 11.8 Å². The fraction of sp³-hybridized carbons (Fsp3) is 0.500. The summed E-state index contributed by atoms with van der Waals surface area (Å²) in [4.78, 5) is 23.1. The molecule has 4 N–H and O–H groups in total. The van der Waals surface area contributed by atoms with Gasteiger partial charge in [0, 0.05) is 19.2 Å². The van der Waals surface area contributed by atoms with E-state index in [1.807, 2.05) is 0 Å². The number of likely N-dealkylation sites (N-methyl/N-ethyl adjacent to an activating group) is 1. The second-order valence-corrected chi connectivity index (χ2v) is 5.03. The summed E-state index contributed by atoms with van der Waals surface area (Å²) in [5, 5.41) is 5.32. The number of amides is 2. The number of benzene rings is 1. The van der Waals surface area contributed by atoms with Crippen LogP contribution in [0.5, 0.6) is 5.75 Å². The van der Waals surface area contributed by atoms with Gasteiger partial charge < -0.3 is 21.1 Å². The van der Waals surface area contributed by atoms with Crippen LogP contribution in [0.1, 0.15) is 43.0 Å². The Balaban J connectivity index is 2.49. The zero-order valence-electron chi connectivity index (χ0n) is 13.3. The minimum Gasteiger partial charge on any atom is -0.482 e. The summed E-state index contributed by atoms with van der Waals surface area (Å²) in [7, 11) is 1.53. The number of hydrogen-bond acceptors (Lipinski definition) is 4. The molecule has 0 aliphatic carbocycles. The summed E-state index contributed by atoms with van der Waals surface area (Å²) in [5.41, 5.74) is 6.67. The number of nitrogens with two attached hydrogens (primary N) is 1. The van der Waals surface area contributed by atoms with E-state index in [4.69, 9.17) is 10.5 Å². The van der Waals surface area contributed by atoms with E-state index in [1.165, 1.54) is 19.9 Å². The molecule has 2 amide bonds. The first kappa shape index (κ1) is 17.8. The minimum absolute atomic E-state index is 0.107. The Hall–Kier alpha value is -2.24. The molecule has 0 bridgehead atoms. The topological polar surface area (TPSA) is 93.4 Å². The smallest absolute Gasteiger partial charge is 0.257 e. The van der Waals surface area contributed by atoms with Gasteiger partial charge in [-0.15, -0.1) is 0 Å². The van der Waals surface area contributed by atoms with E-state index in [-0.39, 0.29) is 18.4 Å². The Morgan fingerprint density at radius 2 is 2.00 bits per heavy atom. The third kappa shape index (κ3) is 6.03. The normalized spacial score (nSPS) is 10.1. The Kier molecular flexibility index (Phi) is 7.81. The van der Waals surface area contributed by atoms with Crippen LogP contribution in [-0.2, 0) is 4.79 Å². The number of ether oxygens (including phenoxy) is 1. The first-order valence-corrected chi connectivity index (χ1v) is 7.59. The number of hydrogen-bond donors (Lipinski definition) is 3. The molecule has 0 atom stereocenters. The average Bonchev–Trinajstić information content (AvgIpc) is 2.52. The summed E-state index contributed by atoms with van der Waals surface area (Å²) in [6, 6.07) is 4.79. The van der Waals surface area contributed by atoms with Crippen molar-refractivity contribution < 1.29 is 14.3 Å². The highest BCUT2D eigenvalue weighted by Gasteiger charge is 2.09. The lowest BCUT2D eigenvalue weighted by Crippen LogP contribution is -2.25. The molecule has 0 unspecified atom stereocenters. The maximum Gasteiger partial charge on any atom is 0.257 e. The van der Waals surface area contributed by atoms with Crippen LogP contribution in [0, 0.1) is 0 Å². The number of carbonyl (C=O) groups is 2. The summed E-state index contributed by atoms with van der Waals surface area (Å²) < 4.78 is 5.28. The van der Waals surface area contributed by atoms with Gasteiger partial charge >= 0.3 is 0 Å². The van der Waals surface area contributed by atoms with Crippen LogP contribution in [-0.4, -0.2) is 32.0 Å². The van der Waals surface area contributed by atoms with E-state index in [1.54, 1.807) is 18.2 Å². The Bertz CT molecular complexity index is 503. The van der Waals surface area contributed by atoms with Gasteiger partial charge in [0.15, 0.2) is 6.61 Å². The lowest BCUT2D eigenvalue weighted by molar-refractivity contribution is -0.122. The van der Waals surface area contributed by atoms with Crippen LogP contribution < -0.4 is 21.1 Å².